The fourth-order valence-electron chi connectivity index (χ4n) is 2.84. The van der Waals surface area contributed by atoms with Crippen molar-refractivity contribution in [1.82, 2.24) is 19.9 Å². The standard InChI is InChI=1S/C12H9ClN4O.C7H6N2.C5H4Cl2N2O.H13P11/c1-18-10-11(13)15-7-16-12(10)17-9-4-2-8(6-14)3-5-9;8-5-6-1-3-7(9)4-2-6;1-10-3-4(6)8-2-9-5(3)7;1-7-10(6)11(8(2)3)9(4)5/h2-5,7H,1H3,(H,15,16,17);1-4H,9H2;2H,1H3;7H,1-6H2. The molecular weight excluding hydrogens is 879 g/mol. The maximum atomic E-state index is 8.71. The molecule has 48 heavy (non-hydrogen) atoms. The fourth-order valence-corrected chi connectivity index (χ4v) is 98.7. The van der Waals surface area contributed by atoms with Gasteiger partial charge in [-0.2, -0.15) is 10.5 Å². The zero-order valence-corrected chi connectivity index (χ0v) is 39.0. The van der Waals surface area contributed by atoms with Gasteiger partial charge < -0.3 is 20.5 Å². The zero-order chi connectivity index (χ0) is 36.2. The van der Waals surface area contributed by atoms with Crippen molar-refractivity contribution in [3.8, 4) is 23.6 Å². The molecule has 0 aliphatic rings. The lowest BCUT2D eigenvalue weighted by Gasteiger charge is -2.29. The molecular formula is C24H32Cl3N8O2P11. The SMILES string of the molecule is COc1c(Cl)ncnc1Cl.COc1c(Cl)ncnc1Nc1ccc(C#N)cc1.N#Cc1ccc(N)cc1.PPP(P)P(P(P)P)P(P)P. The van der Waals surface area contributed by atoms with Gasteiger partial charge in [-0.1, -0.05) is 42.8 Å². The van der Waals surface area contributed by atoms with Crippen LogP contribution in [0, 0.1) is 22.7 Å². The molecule has 8 atom stereocenters. The highest BCUT2D eigenvalue weighted by Crippen LogP contribution is 3.12. The van der Waals surface area contributed by atoms with Crippen molar-refractivity contribution in [2.24, 2.45) is 0 Å². The van der Waals surface area contributed by atoms with E-state index in [1.807, 2.05) is 6.07 Å². The molecule has 10 nitrogen and oxygen atoms in total. The van der Waals surface area contributed by atoms with E-state index < -0.39 is 0 Å². The Bertz CT molecular complexity index is 1610. The minimum absolute atomic E-state index is 0.138. The molecule has 0 aliphatic heterocycles. The van der Waals surface area contributed by atoms with Gasteiger partial charge in [-0.05, 0) is 76.5 Å². The molecule has 2 heterocycles. The summed E-state index contributed by atoms with van der Waals surface area (Å²) in [6, 6.07) is 17.8. The van der Waals surface area contributed by atoms with E-state index in [1.165, 1.54) is 26.9 Å². The summed E-state index contributed by atoms with van der Waals surface area (Å²) in [7, 11) is 21.9. The Labute approximate surface area is 316 Å². The highest BCUT2D eigenvalue weighted by Gasteiger charge is 2.22. The molecule has 0 saturated carbocycles. The van der Waals surface area contributed by atoms with Gasteiger partial charge in [-0.15, -0.1) is 53.6 Å². The van der Waals surface area contributed by atoms with Gasteiger partial charge in [0, 0.05) is 11.4 Å². The molecule has 0 amide bonds. The minimum atomic E-state index is 0.138. The van der Waals surface area contributed by atoms with Crippen molar-refractivity contribution in [3.05, 3.63) is 87.8 Å². The summed E-state index contributed by atoms with van der Waals surface area (Å²) < 4.78 is 9.91. The molecule has 0 saturated heterocycles. The Morgan fingerprint density at radius 1 is 0.729 bits per heavy atom. The van der Waals surface area contributed by atoms with Crippen molar-refractivity contribution >= 4 is 141 Å². The number of nitrogens with one attached hydrogen (secondary N) is 1. The van der Waals surface area contributed by atoms with Crippen LogP contribution in [-0.2, 0) is 0 Å². The summed E-state index contributed by atoms with van der Waals surface area (Å²) in [6.07, 6.45) is 2.62. The lowest BCUT2D eigenvalue weighted by atomic mass is 10.2. The lowest BCUT2D eigenvalue weighted by Crippen LogP contribution is -1.99. The maximum Gasteiger partial charge on any atom is 0.199 e. The predicted molar refractivity (Wildman–Crippen MR) is 236 cm³/mol. The van der Waals surface area contributed by atoms with Gasteiger partial charge in [0.15, 0.2) is 32.8 Å². The molecule has 2 aromatic carbocycles. The van der Waals surface area contributed by atoms with Gasteiger partial charge in [-0.3, -0.25) is 0 Å². The number of rotatable bonds is 8. The number of hydrogen-bond donors (Lipinski definition) is 2. The lowest BCUT2D eigenvalue weighted by molar-refractivity contribution is 0.411. The normalized spacial score (nSPS) is 10.8. The third-order valence-corrected chi connectivity index (χ3v) is 64.8. The summed E-state index contributed by atoms with van der Waals surface area (Å²) in [6.45, 7) is 0.763. The highest BCUT2D eigenvalue weighted by molar-refractivity contribution is 9.18. The summed E-state index contributed by atoms with van der Waals surface area (Å²) in [4.78, 5) is 15.2. The number of nitriles is 2. The van der Waals surface area contributed by atoms with Crippen LogP contribution in [-0.4, -0.2) is 34.2 Å². The fraction of sp³-hybridized carbons (Fsp3) is 0.0833. The van der Waals surface area contributed by atoms with Crippen LogP contribution in [0.3, 0.4) is 0 Å². The van der Waals surface area contributed by atoms with Gasteiger partial charge in [0.1, 0.15) is 12.7 Å². The summed E-state index contributed by atoms with van der Waals surface area (Å²) in [5.74, 6) is 1.16. The van der Waals surface area contributed by atoms with Gasteiger partial charge in [0.2, 0.25) is 0 Å². The number of aromatic nitrogens is 4. The Hall–Kier alpha value is 0.380. The van der Waals surface area contributed by atoms with Crippen LogP contribution in [0.5, 0.6) is 11.5 Å². The molecule has 4 rings (SSSR count). The van der Waals surface area contributed by atoms with Crippen molar-refractivity contribution in [1.29, 1.82) is 10.5 Å². The molecule has 256 valence electrons. The van der Waals surface area contributed by atoms with Crippen LogP contribution in [0.25, 0.3) is 0 Å². The third-order valence-electron chi connectivity index (χ3n) is 4.94. The second-order valence-corrected chi connectivity index (χ2v) is 48.2. The smallest absolute Gasteiger partial charge is 0.199 e. The number of benzene rings is 2. The first-order valence-electron chi connectivity index (χ1n) is 12.5. The van der Waals surface area contributed by atoms with Crippen LogP contribution in [0.1, 0.15) is 11.1 Å². The first-order valence-corrected chi connectivity index (χ1v) is 32.9. The highest BCUT2D eigenvalue weighted by atomic mass is 35.5. The predicted octanol–water partition coefficient (Wildman–Crippen LogP) is 11.7. The van der Waals surface area contributed by atoms with E-state index in [9.17, 15) is 0 Å². The Morgan fingerprint density at radius 2 is 1.15 bits per heavy atom. The van der Waals surface area contributed by atoms with Crippen LogP contribution < -0.4 is 20.5 Å². The number of nitrogens with zero attached hydrogens (tertiary/aromatic N) is 6. The van der Waals surface area contributed by atoms with Crippen LogP contribution in [0.2, 0.25) is 15.5 Å². The van der Waals surface area contributed by atoms with E-state index in [1.54, 1.807) is 48.5 Å². The number of methoxy groups -OCH3 is 2. The first-order chi connectivity index (χ1) is 22.8. The van der Waals surface area contributed by atoms with Gasteiger partial charge in [0.25, 0.3) is 0 Å². The third kappa shape index (κ3) is 17.3. The number of halogens is 3. The molecule has 2 aromatic heterocycles. The molecule has 0 aliphatic carbocycles. The van der Waals surface area contributed by atoms with E-state index >= 15 is 0 Å². The minimum Gasteiger partial charge on any atom is -0.491 e. The molecule has 4 aromatic rings. The molecule has 3 N–H and O–H groups in total. The number of ether oxygens (including phenoxy) is 2. The quantitative estimate of drug-likeness (QED) is 0.0991. The number of nitrogens with two attached hydrogens (primary N) is 1. The van der Waals surface area contributed by atoms with Crippen molar-refractivity contribution in [2.45, 2.75) is 0 Å². The molecule has 0 bridgehead atoms. The van der Waals surface area contributed by atoms with Crippen molar-refractivity contribution in [3.63, 3.8) is 0 Å². The second kappa shape index (κ2) is 26.2. The zero-order valence-electron chi connectivity index (χ0n) is 25.2. The summed E-state index contributed by atoms with van der Waals surface area (Å²) in [5.41, 5.74) is 8.07. The van der Waals surface area contributed by atoms with Crippen molar-refractivity contribution < 1.29 is 9.47 Å². The molecule has 0 fully saturated rings. The number of nitrogen functional groups attached to an aromatic ring is 1. The van der Waals surface area contributed by atoms with E-state index in [-0.39, 0.29) is 43.4 Å². The van der Waals surface area contributed by atoms with Gasteiger partial charge >= 0.3 is 0 Å². The van der Waals surface area contributed by atoms with E-state index in [2.05, 4.69) is 84.9 Å². The van der Waals surface area contributed by atoms with Gasteiger partial charge in [-0.25, -0.2) is 19.9 Å². The molecule has 8 unspecified atom stereocenters. The largest absolute Gasteiger partial charge is 0.491 e. The van der Waals surface area contributed by atoms with Gasteiger partial charge in [0.05, 0.1) is 37.5 Å². The number of hydrogen-bond acceptors (Lipinski definition) is 10. The summed E-state index contributed by atoms with van der Waals surface area (Å²) >= 11 is 17.0. The second-order valence-electron chi connectivity index (χ2n) is 8.08. The molecule has 24 heteroatoms. The average Bonchev–Trinajstić information content (AvgIpc) is 3.06. The van der Waals surface area contributed by atoms with Crippen LogP contribution >= 0.6 is 124 Å². The molecule has 0 spiro atoms. The Kier molecular flexibility index (Phi) is 25.3. The molecule has 0 radical (unpaired) electrons. The summed E-state index contributed by atoms with van der Waals surface area (Å²) in [5, 5.41) is 20.8. The Morgan fingerprint density at radius 3 is 1.50 bits per heavy atom. The Balaban J connectivity index is 0.000000335. The van der Waals surface area contributed by atoms with E-state index in [4.69, 9.17) is 60.5 Å². The van der Waals surface area contributed by atoms with Crippen LogP contribution in [0.4, 0.5) is 17.2 Å². The van der Waals surface area contributed by atoms with Crippen LogP contribution in [0.15, 0.2) is 61.2 Å². The van der Waals surface area contributed by atoms with E-state index in [0.29, 0.717) is 34.1 Å². The van der Waals surface area contributed by atoms with Crippen molar-refractivity contribution in [2.75, 3.05) is 25.3 Å². The van der Waals surface area contributed by atoms with E-state index in [0.717, 1.165) is 13.6 Å². The topological polar surface area (TPSA) is 156 Å². The first kappa shape index (κ1) is 46.4. The monoisotopic (exact) mass is 910 g/mol. The maximum absolute atomic E-state index is 8.71. The average molecular weight is 912 g/mol. The number of anilines is 3.